The minimum atomic E-state index is -0.749. The van der Waals surface area contributed by atoms with Gasteiger partial charge in [-0.15, -0.1) is 18.5 Å². The Morgan fingerprint density at radius 3 is 2.33 bits per heavy atom. The van der Waals surface area contributed by atoms with Crippen LogP contribution in [0.1, 0.15) is 12.5 Å². The number of anilines is 1. The Hall–Kier alpha value is -2.10. The number of carbonyl (C=O) groups is 2. The van der Waals surface area contributed by atoms with Gasteiger partial charge in [-0.1, -0.05) is 6.07 Å². The quantitative estimate of drug-likeness (QED) is 0.584. The normalized spacial score (nSPS) is 11.6. The lowest BCUT2D eigenvalue weighted by Gasteiger charge is -2.14. The molecule has 0 aliphatic carbocycles. The van der Waals surface area contributed by atoms with Crippen molar-refractivity contribution in [3.05, 3.63) is 53.6 Å². The maximum absolute atomic E-state index is 13.2. The molecule has 144 valence electrons. The molecule has 27 heavy (non-hydrogen) atoms. The lowest BCUT2D eigenvalue weighted by Crippen LogP contribution is -2.26. The molecular formula is C18H19F2NO4P2. The lowest BCUT2D eigenvalue weighted by molar-refractivity contribution is -0.145. The van der Waals surface area contributed by atoms with Crippen LogP contribution in [0.25, 0.3) is 0 Å². The van der Waals surface area contributed by atoms with Gasteiger partial charge in [-0.2, -0.15) is 0 Å². The predicted molar refractivity (Wildman–Crippen MR) is 106 cm³/mol. The third-order valence-electron chi connectivity index (χ3n) is 3.44. The fraction of sp³-hybridized carbons (Fsp3) is 0.222. The van der Waals surface area contributed by atoms with Gasteiger partial charge >= 0.3 is 12.1 Å². The highest BCUT2D eigenvalue weighted by Gasteiger charge is 2.14. The number of nitrogens with one attached hydrogen (secondary N) is 1. The molecule has 1 amide bonds. The Morgan fingerprint density at radius 2 is 1.70 bits per heavy atom. The smallest absolute Gasteiger partial charge is 0.412 e. The number of ether oxygens (including phenoxy) is 2. The summed E-state index contributed by atoms with van der Waals surface area (Å²) in [7, 11) is 4.47. The van der Waals surface area contributed by atoms with Crippen molar-refractivity contribution < 1.29 is 27.8 Å². The molecular weight excluding hydrogens is 394 g/mol. The summed E-state index contributed by atoms with van der Waals surface area (Å²) in [4.78, 5) is 23.7. The highest BCUT2D eigenvalue weighted by atomic mass is 31.0. The van der Waals surface area contributed by atoms with Crippen molar-refractivity contribution in [1.82, 2.24) is 0 Å². The predicted octanol–water partition coefficient (Wildman–Crippen LogP) is 2.69. The van der Waals surface area contributed by atoms with Crippen LogP contribution in [0, 0.1) is 11.6 Å². The second kappa shape index (κ2) is 9.72. The van der Waals surface area contributed by atoms with E-state index in [0.29, 0.717) is 21.9 Å². The van der Waals surface area contributed by atoms with Crippen molar-refractivity contribution >= 4 is 46.8 Å². The van der Waals surface area contributed by atoms with Gasteiger partial charge in [0.2, 0.25) is 0 Å². The zero-order valence-corrected chi connectivity index (χ0v) is 16.8. The third-order valence-corrected chi connectivity index (χ3v) is 4.32. The van der Waals surface area contributed by atoms with Crippen molar-refractivity contribution in [3.8, 4) is 0 Å². The molecule has 3 unspecified atom stereocenters. The molecule has 0 saturated carbocycles. The van der Waals surface area contributed by atoms with E-state index in [4.69, 9.17) is 9.47 Å². The number of carbonyl (C=O) groups excluding carboxylic acids is 2. The Labute approximate surface area is 160 Å². The second-order valence-corrected chi connectivity index (χ2v) is 7.04. The largest absolute Gasteiger partial charge is 0.461 e. The van der Waals surface area contributed by atoms with Crippen LogP contribution in [-0.4, -0.2) is 24.8 Å². The molecule has 0 spiro atoms. The van der Waals surface area contributed by atoms with Crippen molar-refractivity contribution in [1.29, 1.82) is 0 Å². The molecule has 2 rings (SSSR count). The van der Waals surface area contributed by atoms with Gasteiger partial charge in [-0.05, 0) is 42.8 Å². The summed E-state index contributed by atoms with van der Waals surface area (Å²) in [5, 5.41) is 3.13. The summed E-state index contributed by atoms with van der Waals surface area (Å²) < 4.78 is 36.5. The summed E-state index contributed by atoms with van der Waals surface area (Å²) in [5.74, 6) is -1.30. The average Bonchev–Trinajstić information content (AvgIpc) is 2.59. The molecule has 3 atom stereocenters. The number of esters is 1. The Kier molecular flexibility index (Phi) is 7.64. The van der Waals surface area contributed by atoms with Gasteiger partial charge in [-0.3, -0.25) is 10.1 Å². The molecule has 9 heteroatoms. The fourth-order valence-electron chi connectivity index (χ4n) is 2.12. The van der Waals surface area contributed by atoms with E-state index in [0.717, 1.165) is 0 Å². The minimum absolute atomic E-state index is 0.0207. The first-order chi connectivity index (χ1) is 12.7. The van der Waals surface area contributed by atoms with E-state index in [2.05, 4.69) is 23.8 Å². The SMILES string of the molecule is CC(COC(=O)Cc1ccc(F)c(P)c1)OC(=O)Nc1ccc(F)c(P)c1. The topological polar surface area (TPSA) is 64.6 Å². The molecule has 0 radical (unpaired) electrons. The second-order valence-electron chi connectivity index (χ2n) is 5.79. The first kappa shape index (κ1) is 21.2. The zero-order valence-electron chi connectivity index (χ0n) is 14.5. The summed E-state index contributed by atoms with van der Waals surface area (Å²) in [5.41, 5.74) is 0.988. The molecule has 5 nitrogen and oxygen atoms in total. The number of halogens is 2. The molecule has 0 fully saturated rings. The maximum atomic E-state index is 13.2. The number of amides is 1. The number of rotatable bonds is 6. The number of benzene rings is 2. The minimum Gasteiger partial charge on any atom is -0.461 e. The zero-order chi connectivity index (χ0) is 20.0. The Bertz CT molecular complexity index is 848. The van der Waals surface area contributed by atoms with Crippen LogP contribution in [-0.2, 0) is 20.7 Å². The van der Waals surface area contributed by atoms with Crippen LogP contribution in [0.15, 0.2) is 36.4 Å². The van der Waals surface area contributed by atoms with Crippen LogP contribution in [0.2, 0.25) is 0 Å². The van der Waals surface area contributed by atoms with Crippen LogP contribution < -0.4 is 15.9 Å². The summed E-state index contributed by atoms with van der Waals surface area (Å²) in [6.45, 7) is 1.44. The van der Waals surface area contributed by atoms with E-state index in [1.54, 1.807) is 6.92 Å². The molecule has 0 heterocycles. The summed E-state index contributed by atoms with van der Waals surface area (Å²) in [6.07, 6.45) is -1.45. The van der Waals surface area contributed by atoms with E-state index in [9.17, 15) is 18.4 Å². The van der Waals surface area contributed by atoms with E-state index in [-0.39, 0.29) is 18.8 Å². The fourth-order valence-corrected chi connectivity index (χ4v) is 2.70. The van der Waals surface area contributed by atoms with Gasteiger partial charge in [0.1, 0.15) is 24.3 Å². The number of hydrogen-bond donors (Lipinski definition) is 1. The average molecular weight is 413 g/mol. The van der Waals surface area contributed by atoms with Crippen molar-refractivity contribution in [2.75, 3.05) is 11.9 Å². The van der Waals surface area contributed by atoms with Crippen LogP contribution >= 0.6 is 18.5 Å². The van der Waals surface area contributed by atoms with Crippen LogP contribution in [0.3, 0.4) is 0 Å². The lowest BCUT2D eigenvalue weighted by atomic mass is 10.1. The van der Waals surface area contributed by atoms with E-state index in [1.807, 2.05) is 0 Å². The molecule has 0 aromatic heterocycles. The van der Waals surface area contributed by atoms with Gasteiger partial charge < -0.3 is 9.47 Å². The van der Waals surface area contributed by atoms with Crippen LogP contribution in [0.5, 0.6) is 0 Å². The molecule has 0 aliphatic rings. The van der Waals surface area contributed by atoms with Crippen molar-refractivity contribution in [3.63, 3.8) is 0 Å². The first-order valence-electron chi connectivity index (χ1n) is 7.96. The third kappa shape index (κ3) is 6.85. The van der Waals surface area contributed by atoms with E-state index >= 15 is 0 Å². The highest BCUT2D eigenvalue weighted by molar-refractivity contribution is 7.27. The molecule has 0 saturated heterocycles. The molecule has 0 aliphatic heterocycles. The first-order valence-corrected chi connectivity index (χ1v) is 9.12. The monoisotopic (exact) mass is 413 g/mol. The molecule has 0 bridgehead atoms. The highest BCUT2D eigenvalue weighted by Crippen LogP contribution is 2.10. The van der Waals surface area contributed by atoms with E-state index in [1.165, 1.54) is 36.4 Å². The summed E-state index contributed by atoms with van der Waals surface area (Å²) >= 11 is 0. The summed E-state index contributed by atoms with van der Waals surface area (Å²) in [6, 6.07) is 8.38. The maximum Gasteiger partial charge on any atom is 0.412 e. The van der Waals surface area contributed by atoms with Gasteiger partial charge in [-0.25, -0.2) is 13.6 Å². The van der Waals surface area contributed by atoms with Gasteiger partial charge in [0.25, 0.3) is 0 Å². The van der Waals surface area contributed by atoms with Gasteiger partial charge in [0.15, 0.2) is 0 Å². The van der Waals surface area contributed by atoms with Gasteiger partial charge in [0.05, 0.1) is 6.42 Å². The molecule has 2 aromatic carbocycles. The van der Waals surface area contributed by atoms with Crippen molar-refractivity contribution in [2.24, 2.45) is 0 Å². The van der Waals surface area contributed by atoms with Gasteiger partial charge in [0, 0.05) is 16.3 Å². The standard InChI is InChI=1S/C18H19F2NO4P2/c1-10(25-18(23)21-12-3-5-14(20)16(27)8-12)9-24-17(22)7-11-2-4-13(19)15(26)6-11/h2-6,8,10H,7,9,26-27H2,1H3,(H,21,23). The van der Waals surface area contributed by atoms with E-state index < -0.39 is 24.0 Å². The van der Waals surface area contributed by atoms with Crippen LogP contribution in [0.4, 0.5) is 19.3 Å². The Morgan fingerprint density at radius 1 is 1.07 bits per heavy atom. The molecule has 1 N–H and O–H groups in total. The Balaban J connectivity index is 1.76. The number of hydrogen-bond acceptors (Lipinski definition) is 4. The molecule has 2 aromatic rings. The van der Waals surface area contributed by atoms with Crippen molar-refractivity contribution in [2.45, 2.75) is 19.4 Å².